The van der Waals surface area contributed by atoms with E-state index in [9.17, 15) is 0 Å². The van der Waals surface area contributed by atoms with Gasteiger partial charge < -0.3 is 4.98 Å². The van der Waals surface area contributed by atoms with Crippen molar-refractivity contribution in [1.82, 2.24) is 9.97 Å². The van der Waals surface area contributed by atoms with Crippen molar-refractivity contribution in [3.05, 3.63) is 77.6 Å². The van der Waals surface area contributed by atoms with Crippen molar-refractivity contribution < 1.29 is 0 Å². The van der Waals surface area contributed by atoms with Gasteiger partial charge in [0.05, 0.1) is 11.6 Å². The van der Waals surface area contributed by atoms with Crippen LogP contribution < -0.4 is 0 Å². The summed E-state index contributed by atoms with van der Waals surface area (Å²) in [6, 6.07) is 18.6. The van der Waals surface area contributed by atoms with Gasteiger partial charge in [-0.1, -0.05) is 12.1 Å². The summed E-state index contributed by atoms with van der Waals surface area (Å²) in [6.45, 7) is 4.13. The molecule has 0 aliphatic heterocycles. The van der Waals surface area contributed by atoms with Crippen LogP contribution in [0.25, 0.3) is 33.3 Å². The Kier molecular flexibility index (Phi) is 3.59. The molecule has 0 aliphatic carbocycles. The third-order valence-corrected chi connectivity index (χ3v) is 4.62. The van der Waals surface area contributed by atoms with E-state index in [0.717, 1.165) is 33.5 Å². The van der Waals surface area contributed by atoms with E-state index in [4.69, 9.17) is 5.26 Å². The van der Waals surface area contributed by atoms with Crippen LogP contribution in [0.1, 0.15) is 16.7 Å². The molecule has 0 radical (unpaired) electrons. The number of fused-ring (bicyclic) bond motifs is 1. The lowest BCUT2D eigenvalue weighted by Gasteiger charge is -2.06. The Morgan fingerprint density at radius 1 is 0.920 bits per heavy atom. The molecule has 120 valence electrons. The number of aromatic amines is 1. The number of rotatable bonds is 2. The van der Waals surface area contributed by atoms with E-state index in [1.165, 1.54) is 10.9 Å². The van der Waals surface area contributed by atoms with Crippen molar-refractivity contribution in [3.8, 4) is 28.5 Å². The predicted octanol–water partition coefficient (Wildman–Crippen LogP) is 5.39. The maximum absolute atomic E-state index is 9.04. The van der Waals surface area contributed by atoms with Crippen LogP contribution >= 0.6 is 0 Å². The number of hydrogen-bond acceptors (Lipinski definition) is 2. The Balaban J connectivity index is 1.82. The van der Waals surface area contributed by atoms with E-state index in [-0.39, 0.29) is 0 Å². The maximum Gasteiger partial charge on any atom is 0.0991 e. The van der Waals surface area contributed by atoms with Gasteiger partial charge in [-0.2, -0.15) is 5.26 Å². The lowest BCUT2D eigenvalue weighted by molar-refractivity contribution is 1.27. The second-order valence-electron chi connectivity index (χ2n) is 6.32. The fourth-order valence-corrected chi connectivity index (χ4v) is 3.25. The van der Waals surface area contributed by atoms with Gasteiger partial charge in [0, 0.05) is 34.6 Å². The molecule has 0 bridgehead atoms. The van der Waals surface area contributed by atoms with Crippen LogP contribution in [0.2, 0.25) is 0 Å². The molecule has 0 fully saturated rings. The molecular weight excluding hydrogens is 306 g/mol. The lowest BCUT2D eigenvalue weighted by atomic mass is 9.98. The number of aryl methyl sites for hydroxylation is 2. The number of pyridine rings is 1. The van der Waals surface area contributed by atoms with Gasteiger partial charge in [-0.05, 0) is 72.5 Å². The molecule has 2 aromatic carbocycles. The zero-order chi connectivity index (χ0) is 17.4. The van der Waals surface area contributed by atoms with E-state index in [2.05, 4.69) is 47.2 Å². The number of aromatic nitrogens is 2. The van der Waals surface area contributed by atoms with Gasteiger partial charge in [-0.25, -0.2) is 0 Å². The molecule has 0 unspecified atom stereocenters. The van der Waals surface area contributed by atoms with E-state index in [1.807, 2.05) is 43.6 Å². The number of nitrogens with one attached hydrogen (secondary N) is 1. The van der Waals surface area contributed by atoms with E-state index in [0.29, 0.717) is 5.56 Å². The van der Waals surface area contributed by atoms with Gasteiger partial charge in [0.15, 0.2) is 0 Å². The van der Waals surface area contributed by atoms with Gasteiger partial charge in [0.25, 0.3) is 0 Å². The molecule has 2 aromatic heterocycles. The van der Waals surface area contributed by atoms with Gasteiger partial charge in [-0.3, -0.25) is 4.98 Å². The quantitative estimate of drug-likeness (QED) is 0.538. The van der Waals surface area contributed by atoms with Crippen molar-refractivity contribution in [3.63, 3.8) is 0 Å². The topological polar surface area (TPSA) is 52.5 Å². The smallest absolute Gasteiger partial charge is 0.0991 e. The zero-order valence-electron chi connectivity index (χ0n) is 14.2. The number of nitriles is 1. The van der Waals surface area contributed by atoms with Crippen molar-refractivity contribution >= 4 is 10.9 Å². The molecule has 4 rings (SSSR count). The Morgan fingerprint density at radius 3 is 2.56 bits per heavy atom. The highest BCUT2D eigenvalue weighted by Crippen LogP contribution is 2.31. The monoisotopic (exact) mass is 323 g/mol. The Hall–Kier alpha value is -3.38. The standard InChI is InChI=1S/C22H17N3/c1-14-7-8-24-13-20(14)22-11-18-10-17(4-6-21(18)25-22)19-5-3-16(12-23)9-15(19)2/h3-11,13,25H,1-2H3. The number of benzene rings is 2. The molecule has 3 heteroatoms. The summed E-state index contributed by atoms with van der Waals surface area (Å²) in [6.07, 6.45) is 3.71. The lowest BCUT2D eigenvalue weighted by Crippen LogP contribution is -1.85. The summed E-state index contributed by atoms with van der Waals surface area (Å²) in [5, 5.41) is 10.2. The molecule has 0 saturated heterocycles. The minimum atomic E-state index is 0.693. The average Bonchev–Trinajstić information content (AvgIpc) is 3.04. The van der Waals surface area contributed by atoms with Crippen molar-refractivity contribution in [1.29, 1.82) is 5.26 Å². The summed E-state index contributed by atoms with van der Waals surface area (Å²) >= 11 is 0. The fraction of sp³-hybridized carbons (Fsp3) is 0.0909. The molecule has 25 heavy (non-hydrogen) atoms. The number of H-pyrrole nitrogens is 1. The van der Waals surface area contributed by atoms with Crippen LogP contribution in [0.15, 0.2) is 60.9 Å². The molecule has 0 aliphatic rings. The largest absolute Gasteiger partial charge is 0.354 e. The van der Waals surface area contributed by atoms with Gasteiger partial charge in [-0.15, -0.1) is 0 Å². The zero-order valence-corrected chi connectivity index (χ0v) is 14.2. The third kappa shape index (κ3) is 2.68. The highest BCUT2D eigenvalue weighted by atomic mass is 14.7. The molecule has 0 spiro atoms. The summed E-state index contributed by atoms with van der Waals surface area (Å²) < 4.78 is 0. The van der Waals surface area contributed by atoms with Crippen LogP contribution in [-0.2, 0) is 0 Å². The first-order valence-electron chi connectivity index (χ1n) is 8.20. The molecule has 3 nitrogen and oxygen atoms in total. The average molecular weight is 323 g/mol. The van der Waals surface area contributed by atoms with E-state index < -0.39 is 0 Å². The van der Waals surface area contributed by atoms with E-state index in [1.54, 1.807) is 0 Å². The Bertz CT molecular complexity index is 1130. The molecule has 0 amide bonds. The summed E-state index contributed by atoms with van der Waals surface area (Å²) in [4.78, 5) is 7.72. The second-order valence-corrected chi connectivity index (χ2v) is 6.32. The van der Waals surface area contributed by atoms with Crippen LogP contribution in [0.3, 0.4) is 0 Å². The van der Waals surface area contributed by atoms with Crippen molar-refractivity contribution in [2.24, 2.45) is 0 Å². The van der Waals surface area contributed by atoms with E-state index >= 15 is 0 Å². The Morgan fingerprint density at radius 2 is 1.80 bits per heavy atom. The molecular formula is C22H17N3. The Labute approximate surface area is 146 Å². The fourth-order valence-electron chi connectivity index (χ4n) is 3.25. The number of nitrogens with zero attached hydrogens (tertiary/aromatic N) is 2. The van der Waals surface area contributed by atoms with Gasteiger partial charge in [0.2, 0.25) is 0 Å². The first kappa shape index (κ1) is 15.2. The van der Waals surface area contributed by atoms with Gasteiger partial charge in [0.1, 0.15) is 0 Å². The molecule has 4 aromatic rings. The molecule has 2 heterocycles. The summed E-state index contributed by atoms with van der Waals surface area (Å²) in [7, 11) is 0. The summed E-state index contributed by atoms with van der Waals surface area (Å²) in [5.41, 5.74) is 8.61. The normalized spacial score (nSPS) is 10.8. The first-order chi connectivity index (χ1) is 12.2. The van der Waals surface area contributed by atoms with Crippen LogP contribution in [0.4, 0.5) is 0 Å². The van der Waals surface area contributed by atoms with Crippen molar-refractivity contribution in [2.75, 3.05) is 0 Å². The SMILES string of the molecule is Cc1cc(C#N)ccc1-c1ccc2[nH]c(-c3cnccc3C)cc2c1. The first-order valence-corrected chi connectivity index (χ1v) is 8.20. The highest BCUT2D eigenvalue weighted by molar-refractivity contribution is 5.90. The van der Waals surface area contributed by atoms with Crippen LogP contribution in [0.5, 0.6) is 0 Å². The number of hydrogen-bond donors (Lipinski definition) is 1. The molecule has 0 atom stereocenters. The third-order valence-electron chi connectivity index (χ3n) is 4.62. The predicted molar refractivity (Wildman–Crippen MR) is 101 cm³/mol. The minimum Gasteiger partial charge on any atom is -0.354 e. The maximum atomic E-state index is 9.04. The molecule has 1 N–H and O–H groups in total. The highest BCUT2D eigenvalue weighted by Gasteiger charge is 2.09. The van der Waals surface area contributed by atoms with Crippen LogP contribution in [-0.4, -0.2) is 9.97 Å². The minimum absolute atomic E-state index is 0.693. The molecule has 0 saturated carbocycles. The van der Waals surface area contributed by atoms with Crippen LogP contribution in [0, 0.1) is 25.2 Å². The van der Waals surface area contributed by atoms with Gasteiger partial charge >= 0.3 is 0 Å². The second kappa shape index (κ2) is 5.92. The van der Waals surface area contributed by atoms with Crippen molar-refractivity contribution in [2.45, 2.75) is 13.8 Å². The summed E-state index contributed by atoms with van der Waals surface area (Å²) in [5.74, 6) is 0.